The largest absolute Gasteiger partial charge is 0.497 e. The Kier molecular flexibility index (Phi) is 5.12. The molecule has 3 aliphatic rings. The summed E-state index contributed by atoms with van der Waals surface area (Å²) in [5.41, 5.74) is 1.31. The van der Waals surface area contributed by atoms with Gasteiger partial charge in [-0.05, 0) is 53.9 Å². The Hall–Kier alpha value is -3.68. The second-order valence-electron chi connectivity index (χ2n) is 9.14. The molecule has 0 radical (unpaired) electrons. The topological polar surface area (TPSA) is 62.3 Å². The van der Waals surface area contributed by atoms with E-state index in [1.807, 2.05) is 54.6 Å². The third kappa shape index (κ3) is 2.98. The van der Waals surface area contributed by atoms with Gasteiger partial charge in [-0.15, -0.1) is 0 Å². The van der Waals surface area contributed by atoms with E-state index in [-0.39, 0.29) is 17.9 Å². The molecule has 35 heavy (non-hydrogen) atoms. The number of nitrogens with zero attached hydrogens (tertiary/aromatic N) is 3. The molecule has 0 saturated carbocycles. The first-order valence-corrected chi connectivity index (χ1v) is 11.9. The number of fused-ring (bicyclic) bond motifs is 3. The van der Waals surface area contributed by atoms with Crippen molar-refractivity contribution in [3.05, 3.63) is 90.0 Å². The molecule has 7 heteroatoms. The summed E-state index contributed by atoms with van der Waals surface area (Å²) in [6.45, 7) is 1.51. The number of hydrogen-bond donors (Lipinski definition) is 0. The Morgan fingerprint density at radius 2 is 1.43 bits per heavy atom. The molecule has 3 aliphatic heterocycles. The Bertz CT molecular complexity index is 1260. The highest BCUT2D eigenvalue weighted by molar-refractivity contribution is 6.26. The Balaban J connectivity index is 1.55. The summed E-state index contributed by atoms with van der Waals surface area (Å²) in [5, 5.41) is 4.40. The van der Waals surface area contributed by atoms with Crippen LogP contribution in [-0.4, -0.2) is 49.1 Å². The first-order chi connectivity index (χ1) is 17.1. The van der Waals surface area contributed by atoms with Crippen molar-refractivity contribution in [2.75, 3.05) is 32.2 Å². The molecule has 178 valence electrons. The van der Waals surface area contributed by atoms with E-state index >= 15 is 0 Å². The van der Waals surface area contributed by atoms with Gasteiger partial charge in [0.15, 0.2) is 5.54 Å². The maximum Gasteiger partial charge on any atom is 0.261 e. The van der Waals surface area contributed by atoms with Crippen LogP contribution in [0.1, 0.15) is 23.6 Å². The van der Waals surface area contributed by atoms with Gasteiger partial charge < -0.3 is 9.47 Å². The van der Waals surface area contributed by atoms with Crippen molar-refractivity contribution >= 4 is 17.5 Å². The van der Waals surface area contributed by atoms with Crippen LogP contribution in [0, 0.1) is 5.92 Å². The van der Waals surface area contributed by atoms with Crippen molar-refractivity contribution in [3.8, 4) is 11.5 Å². The zero-order valence-corrected chi connectivity index (χ0v) is 19.8. The van der Waals surface area contributed by atoms with Gasteiger partial charge in [0.25, 0.3) is 5.91 Å². The molecule has 3 atom stereocenters. The maximum absolute atomic E-state index is 14.5. The number of benzene rings is 3. The van der Waals surface area contributed by atoms with E-state index < -0.39 is 11.5 Å². The lowest BCUT2D eigenvalue weighted by atomic mass is 9.75. The highest BCUT2D eigenvalue weighted by atomic mass is 16.5. The van der Waals surface area contributed by atoms with Crippen LogP contribution in [0.15, 0.2) is 78.9 Å². The van der Waals surface area contributed by atoms with Crippen molar-refractivity contribution in [1.82, 2.24) is 10.0 Å². The molecule has 0 N–H and O–H groups in total. The molecule has 3 saturated heterocycles. The summed E-state index contributed by atoms with van der Waals surface area (Å²) in [6, 6.07) is 24.5. The maximum atomic E-state index is 14.5. The molecule has 3 heterocycles. The van der Waals surface area contributed by atoms with Crippen LogP contribution >= 0.6 is 0 Å². The zero-order chi connectivity index (χ0) is 24.2. The number of imide groups is 1. The van der Waals surface area contributed by atoms with Gasteiger partial charge in [-0.3, -0.25) is 9.59 Å². The molecule has 0 unspecified atom stereocenters. The predicted molar refractivity (Wildman–Crippen MR) is 131 cm³/mol. The molecule has 7 nitrogen and oxygen atoms in total. The monoisotopic (exact) mass is 469 g/mol. The SMILES string of the molecule is COc1ccc([C@@H]2[C@H]3C(=O)N(c4ccc(OC)cc4)C(=O)[C@]3(c3ccccc3)N3CCCN23)cc1. The van der Waals surface area contributed by atoms with Crippen molar-refractivity contribution < 1.29 is 19.1 Å². The lowest BCUT2D eigenvalue weighted by molar-refractivity contribution is -0.134. The minimum absolute atomic E-state index is 0.181. The predicted octanol–water partition coefficient (Wildman–Crippen LogP) is 3.77. The van der Waals surface area contributed by atoms with Gasteiger partial charge in [-0.2, -0.15) is 0 Å². The van der Waals surface area contributed by atoms with Gasteiger partial charge in [-0.1, -0.05) is 42.5 Å². The first kappa shape index (κ1) is 21.8. The molecule has 6 rings (SSSR count). The van der Waals surface area contributed by atoms with E-state index in [2.05, 4.69) is 10.0 Å². The Labute approximate surface area is 204 Å². The molecule has 0 bridgehead atoms. The van der Waals surface area contributed by atoms with Crippen LogP contribution in [0.4, 0.5) is 5.69 Å². The second kappa shape index (κ2) is 8.22. The summed E-state index contributed by atoms with van der Waals surface area (Å²) in [6.07, 6.45) is 0.929. The highest BCUT2D eigenvalue weighted by Crippen LogP contribution is 2.59. The Morgan fingerprint density at radius 1 is 0.800 bits per heavy atom. The number of carbonyl (C=O) groups excluding carboxylic acids is 2. The molecule has 2 amide bonds. The zero-order valence-electron chi connectivity index (χ0n) is 19.8. The van der Waals surface area contributed by atoms with Gasteiger partial charge in [0, 0.05) is 13.1 Å². The summed E-state index contributed by atoms with van der Waals surface area (Å²) in [5.74, 6) is 0.458. The number of ether oxygens (including phenoxy) is 2. The molecule has 3 fully saturated rings. The molecular formula is C28H27N3O4. The number of rotatable bonds is 5. The minimum atomic E-state index is -1.10. The van der Waals surface area contributed by atoms with Crippen molar-refractivity contribution in [3.63, 3.8) is 0 Å². The number of carbonyl (C=O) groups is 2. The van der Waals surface area contributed by atoms with Crippen LogP contribution in [0.25, 0.3) is 0 Å². The summed E-state index contributed by atoms with van der Waals surface area (Å²) < 4.78 is 10.6. The fourth-order valence-corrected chi connectivity index (χ4v) is 6.11. The van der Waals surface area contributed by atoms with Crippen LogP contribution < -0.4 is 14.4 Å². The molecule has 3 aromatic carbocycles. The van der Waals surface area contributed by atoms with Crippen LogP contribution in [-0.2, 0) is 15.1 Å². The van der Waals surface area contributed by atoms with Crippen LogP contribution in [0.2, 0.25) is 0 Å². The smallest absolute Gasteiger partial charge is 0.261 e. The third-order valence-electron chi connectivity index (χ3n) is 7.58. The van der Waals surface area contributed by atoms with Gasteiger partial charge >= 0.3 is 0 Å². The van der Waals surface area contributed by atoms with E-state index in [9.17, 15) is 9.59 Å². The van der Waals surface area contributed by atoms with Gasteiger partial charge in [-0.25, -0.2) is 14.9 Å². The van der Waals surface area contributed by atoms with Crippen LogP contribution in [0.3, 0.4) is 0 Å². The second-order valence-corrected chi connectivity index (χ2v) is 9.14. The number of hydrogen-bond acceptors (Lipinski definition) is 6. The summed E-state index contributed by atoms with van der Waals surface area (Å²) in [4.78, 5) is 30.1. The van der Waals surface area contributed by atoms with Gasteiger partial charge in [0.2, 0.25) is 5.91 Å². The average Bonchev–Trinajstić information content (AvgIpc) is 3.55. The van der Waals surface area contributed by atoms with Crippen molar-refractivity contribution in [2.45, 2.75) is 18.0 Å². The van der Waals surface area contributed by atoms with E-state index in [0.29, 0.717) is 18.0 Å². The summed E-state index contributed by atoms with van der Waals surface area (Å²) in [7, 11) is 3.23. The fourth-order valence-electron chi connectivity index (χ4n) is 6.11. The van der Waals surface area contributed by atoms with E-state index in [4.69, 9.17) is 9.47 Å². The number of hydrazine groups is 1. The molecule has 0 aliphatic carbocycles. The quantitative estimate of drug-likeness (QED) is 0.531. The lowest BCUT2D eigenvalue weighted by Crippen LogP contribution is -2.52. The van der Waals surface area contributed by atoms with E-state index in [1.165, 1.54) is 4.90 Å². The lowest BCUT2D eigenvalue weighted by Gasteiger charge is -2.36. The van der Waals surface area contributed by atoms with Gasteiger partial charge in [0.05, 0.1) is 31.9 Å². The first-order valence-electron chi connectivity index (χ1n) is 11.9. The third-order valence-corrected chi connectivity index (χ3v) is 7.58. The molecular weight excluding hydrogens is 442 g/mol. The van der Waals surface area contributed by atoms with Gasteiger partial charge in [0.1, 0.15) is 11.5 Å². The van der Waals surface area contributed by atoms with Crippen LogP contribution in [0.5, 0.6) is 11.5 Å². The highest BCUT2D eigenvalue weighted by Gasteiger charge is 2.73. The normalized spacial score (nSPS) is 26.2. The fraction of sp³-hybridized carbons (Fsp3) is 0.286. The summed E-state index contributed by atoms with van der Waals surface area (Å²) >= 11 is 0. The molecule has 0 aromatic heterocycles. The van der Waals surface area contributed by atoms with Crippen molar-refractivity contribution in [2.24, 2.45) is 5.92 Å². The average molecular weight is 470 g/mol. The van der Waals surface area contributed by atoms with E-state index in [1.54, 1.807) is 38.5 Å². The number of amides is 2. The molecule has 0 spiro atoms. The standard InChI is InChI=1S/C28H27N3O4/c1-34-22-13-9-19(10-14-22)25-24-26(32)31(21-11-15-23(35-2)16-12-21)27(33)28(24,20-7-4-3-5-8-20)30-18-6-17-29(25)30/h3-5,7-16,24-25H,6,17-18H2,1-2H3/t24-,25+,28+/m0/s1. The van der Waals surface area contributed by atoms with E-state index in [0.717, 1.165) is 29.8 Å². The number of methoxy groups -OCH3 is 2. The number of anilines is 1. The molecule has 3 aromatic rings. The minimum Gasteiger partial charge on any atom is -0.497 e. The van der Waals surface area contributed by atoms with Crippen molar-refractivity contribution in [1.29, 1.82) is 0 Å². The Morgan fingerprint density at radius 3 is 2.06 bits per heavy atom.